The van der Waals surface area contributed by atoms with Crippen molar-refractivity contribution in [2.24, 2.45) is 23.7 Å². The maximum Gasteiger partial charge on any atom is 0.307 e. The van der Waals surface area contributed by atoms with Crippen LogP contribution in [0, 0.1) is 23.7 Å². The Morgan fingerprint density at radius 3 is 2.27 bits per heavy atom. The molecule has 2 N–H and O–H groups in total. The Morgan fingerprint density at radius 2 is 1.73 bits per heavy atom. The first-order valence-corrected chi connectivity index (χ1v) is 8.82. The van der Waals surface area contributed by atoms with Gasteiger partial charge < -0.3 is 19.9 Å². The SMILES string of the molecule is COc1ccc(OC)c(NC(=O)[C@@H]2[C@@H](C(=O)O)[C@H]3CC[C@@H]2C3=C(C)C)c1. The fraction of sp³-hybridized carbons (Fsp3) is 0.500. The Labute approximate surface area is 153 Å². The van der Waals surface area contributed by atoms with Crippen molar-refractivity contribution in [3.8, 4) is 11.5 Å². The summed E-state index contributed by atoms with van der Waals surface area (Å²) in [6.07, 6.45) is 1.71. The van der Waals surface area contributed by atoms with E-state index < -0.39 is 17.8 Å². The second kappa shape index (κ2) is 7.02. The number of carbonyl (C=O) groups is 2. The molecule has 140 valence electrons. The van der Waals surface area contributed by atoms with E-state index in [1.807, 2.05) is 13.8 Å². The summed E-state index contributed by atoms with van der Waals surface area (Å²) in [4.78, 5) is 25.0. The summed E-state index contributed by atoms with van der Waals surface area (Å²) in [5.74, 6) is -1.33. The first-order valence-electron chi connectivity index (χ1n) is 8.82. The van der Waals surface area contributed by atoms with Gasteiger partial charge in [0.1, 0.15) is 11.5 Å². The van der Waals surface area contributed by atoms with Gasteiger partial charge >= 0.3 is 5.97 Å². The summed E-state index contributed by atoms with van der Waals surface area (Å²) in [7, 11) is 3.07. The van der Waals surface area contributed by atoms with E-state index in [1.165, 1.54) is 7.11 Å². The molecule has 6 heteroatoms. The molecule has 1 aromatic carbocycles. The van der Waals surface area contributed by atoms with Gasteiger partial charge in [0.25, 0.3) is 0 Å². The predicted octanol–water partition coefficient (Wildman–Crippen LogP) is 3.34. The zero-order chi connectivity index (χ0) is 19.0. The van der Waals surface area contributed by atoms with Crippen molar-refractivity contribution in [2.75, 3.05) is 19.5 Å². The van der Waals surface area contributed by atoms with Gasteiger partial charge in [0.2, 0.25) is 5.91 Å². The van der Waals surface area contributed by atoms with E-state index in [4.69, 9.17) is 9.47 Å². The van der Waals surface area contributed by atoms with Crippen LogP contribution < -0.4 is 14.8 Å². The molecule has 0 aliphatic heterocycles. The maximum atomic E-state index is 13.1. The zero-order valence-electron chi connectivity index (χ0n) is 15.5. The van der Waals surface area contributed by atoms with Crippen LogP contribution in [0.2, 0.25) is 0 Å². The van der Waals surface area contributed by atoms with E-state index in [1.54, 1.807) is 25.3 Å². The molecule has 0 spiro atoms. The second-order valence-corrected chi connectivity index (χ2v) is 7.19. The average molecular weight is 359 g/mol. The van der Waals surface area contributed by atoms with Crippen LogP contribution in [0.15, 0.2) is 29.3 Å². The number of anilines is 1. The van der Waals surface area contributed by atoms with E-state index in [9.17, 15) is 14.7 Å². The van der Waals surface area contributed by atoms with Gasteiger partial charge in [-0.3, -0.25) is 9.59 Å². The Bertz CT molecular complexity index is 765. The third-order valence-electron chi connectivity index (χ3n) is 5.67. The van der Waals surface area contributed by atoms with E-state index in [0.717, 1.165) is 24.0 Å². The highest BCUT2D eigenvalue weighted by atomic mass is 16.5. The Kier molecular flexibility index (Phi) is 4.94. The lowest BCUT2D eigenvalue weighted by Crippen LogP contribution is -2.37. The quantitative estimate of drug-likeness (QED) is 0.788. The van der Waals surface area contributed by atoms with Crippen molar-refractivity contribution in [3.05, 3.63) is 29.3 Å². The molecule has 0 unspecified atom stereocenters. The van der Waals surface area contributed by atoms with Crippen LogP contribution in [0.3, 0.4) is 0 Å². The topological polar surface area (TPSA) is 84.9 Å². The molecule has 4 atom stereocenters. The van der Waals surface area contributed by atoms with Crippen LogP contribution in [0.4, 0.5) is 5.69 Å². The number of hydrogen-bond acceptors (Lipinski definition) is 4. The van der Waals surface area contributed by atoms with Crippen LogP contribution in [0.5, 0.6) is 11.5 Å². The molecule has 1 amide bonds. The minimum Gasteiger partial charge on any atom is -0.497 e. The number of carboxylic acids is 1. The van der Waals surface area contributed by atoms with Crippen molar-refractivity contribution in [1.82, 2.24) is 0 Å². The standard InChI is InChI=1S/C20H25NO5/c1-10(2)16-12-6-7-13(16)18(20(23)24)17(12)19(22)21-14-9-11(25-3)5-8-15(14)26-4/h5,8-9,12-13,17-18H,6-7H2,1-4H3,(H,21,22)(H,23,24)/t12-,13+,17+,18+/m1/s1. The van der Waals surface area contributed by atoms with Gasteiger partial charge in [0.15, 0.2) is 0 Å². The fourth-order valence-electron chi connectivity index (χ4n) is 4.73. The monoisotopic (exact) mass is 359 g/mol. The molecule has 2 aliphatic carbocycles. The number of hydrogen-bond donors (Lipinski definition) is 2. The molecule has 1 aromatic rings. The maximum absolute atomic E-state index is 13.1. The van der Waals surface area contributed by atoms with Crippen LogP contribution in [0.1, 0.15) is 26.7 Å². The van der Waals surface area contributed by atoms with Crippen molar-refractivity contribution >= 4 is 17.6 Å². The van der Waals surface area contributed by atoms with Crippen LogP contribution >= 0.6 is 0 Å². The smallest absolute Gasteiger partial charge is 0.307 e. The predicted molar refractivity (Wildman–Crippen MR) is 97.4 cm³/mol. The molecule has 2 fully saturated rings. The minimum atomic E-state index is -0.895. The number of benzene rings is 1. The molecule has 2 bridgehead atoms. The molecule has 6 nitrogen and oxygen atoms in total. The third kappa shape index (κ3) is 2.93. The first-order chi connectivity index (χ1) is 12.4. The Morgan fingerprint density at radius 1 is 1.08 bits per heavy atom. The summed E-state index contributed by atoms with van der Waals surface area (Å²) >= 11 is 0. The number of nitrogens with one attached hydrogen (secondary N) is 1. The highest BCUT2D eigenvalue weighted by Crippen LogP contribution is 2.57. The van der Waals surface area contributed by atoms with Gasteiger partial charge in [0.05, 0.1) is 31.7 Å². The van der Waals surface area contributed by atoms with Crippen molar-refractivity contribution in [3.63, 3.8) is 0 Å². The number of carboxylic acid groups (broad SMARTS) is 1. The van der Waals surface area contributed by atoms with Gasteiger partial charge in [0, 0.05) is 6.07 Å². The largest absolute Gasteiger partial charge is 0.497 e. The first kappa shape index (κ1) is 18.3. The fourth-order valence-corrected chi connectivity index (χ4v) is 4.73. The van der Waals surface area contributed by atoms with Gasteiger partial charge in [-0.05, 0) is 50.7 Å². The molecule has 2 aliphatic rings. The summed E-state index contributed by atoms with van der Waals surface area (Å²) < 4.78 is 10.5. The molecule has 0 saturated heterocycles. The lowest BCUT2D eigenvalue weighted by molar-refractivity contribution is -0.148. The number of allylic oxidation sites excluding steroid dienone is 2. The molecular weight excluding hydrogens is 334 g/mol. The van der Waals surface area contributed by atoms with Gasteiger partial charge in [-0.25, -0.2) is 0 Å². The van der Waals surface area contributed by atoms with Crippen LogP contribution in [-0.4, -0.2) is 31.2 Å². The van der Waals surface area contributed by atoms with Crippen molar-refractivity contribution < 1.29 is 24.2 Å². The highest BCUT2D eigenvalue weighted by molar-refractivity contribution is 5.98. The Hall–Kier alpha value is -2.50. The normalized spacial score (nSPS) is 26.5. The Balaban J connectivity index is 1.92. The van der Waals surface area contributed by atoms with E-state index in [0.29, 0.717) is 17.2 Å². The summed E-state index contributed by atoms with van der Waals surface area (Å²) in [6, 6.07) is 5.14. The van der Waals surface area contributed by atoms with E-state index in [2.05, 4.69) is 5.32 Å². The van der Waals surface area contributed by atoms with Crippen LogP contribution in [0.25, 0.3) is 0 Å². The summed E-state index contributed by atoms with van der Waals surface area (Å²) in [5.41, 5.74) is 2.79. The molecule has 0 radical (unpaired) electrons. The van der Waals surface area contributed by atoms with Gasteiger partial charge in [-0.1, -0.05) is 11.1 Å². The van der Waals surface area contributed by atoms with Gasteiger partial charge in [-0.2, -0.15) is 0 Å². The third-order valence-corrected chi connectivity index (χ3v) is 5.67. The average Bonchev–Trinajstić information content (AvgIpc) is 3.17. The van der Waals surface area contributed by atoms with Gasteiger partial charge in [-0.15, -0.1) is 0 Å². The molecule has 26 heavy (non-hydrogen) atoms. The second-order valence-electron chi connectivity index (χ2n) is 7.19. The number of carbonyl (C=O) groups excluding carboxylic acids is 1. The van der Waals surface area contributed by atoms with Crippen molar-refractivity contribution in [1.29, 1.82) is 0 Å². The number of methoxy groups -OCH3 is 2. The molecule has 2 saturated carbocycles. The lowest BCUT2D eigenvalue weighted by atomic mass is 9.78. The number of aliphatic carboxylic acids is 1. The molecule has 0 heterocycles. The molecule has 3 rings (SSSR count). The summed E-state index contributed by atoms with van der Waals surface area (Å²) in [6.45, 7) is 4.01. The number of rotatable bonds is 5. The minimum absolute atomic E-state index is 0.00250. The lowest BCUT2D eigenvalue weighted by Gasteiger charge is -2.26. The molecular formula is C20H25NO5. The van der Waals surface area contributed by atoms with Crippen LogP contribution in [-0.2, 0) is 9.59 Å². The highest BCUT2D eigenvalue weighted by Gasteiger charge is 2.57. The zero-order valence-corrected chi connectivity index (χ0v) is 15.5. The summed E-state index contributed by atoms with van der Waals surface area (Å²) in [5, 5.41) is 12.6. The number of fused-ring (bicyclic) bond motifs is 2. The number of amides is 1. The van der Waals surface area contributed by atoms with E-state index in [-0.39, 0.29) is 17.7 Å². The molecule has 0 aromatic heterocycles. The van der Waals surface area contributed by atoms with E-state index >= 15 is 0 Å². The number of ether oxygens (including phenoxy) is 2. The van der Waals surface area contributed by atoms with Crippen molar-refractivity contribution in [2.45, 2.75) is 26.7 Å².